The van der Waals surface area contributed by atoms with Crippen molar-refractivity contribution in [3.8, 4) is 11.3 Å². The number of amides is 1. The monoisotopic (exact) mass is 375 g/mol. The lowest BCUT2D eigenvalue weighted by Crippen LogP contribution is -2.30. The van der Waals surface area contributed by atoms with Crippen molar-refractivity contribution >= 4 is 17.4 Å². The summed E-state index contributed by atoms with van der Waals surface area (Å²) in [6.45, 7) is 2.08. The molecule has 142 valence electrons. The third-order valence-electron chi connectivity index (χ3n) is 4.82. The van der Waals surface area contributed by atoms with Gasteiger partial charge in [-0.25, -0.2) is 0 Å². The molecule has 0 aliphatic carbocycles. The van der Waals surface area contributed by atoms with E-state index in [1.165, 1.54) is 37.6 Å². The lowest BCUT2D eigenvalue weighted by atomic mass is 10.1. The van der Waals surface area contributed by atoms with Crippen molar-refractivity contribution in [2.75, 3.05) is 23.3 Å². The molecule has 0 saturated carbocycles. The summed E-state index contributed by atoms with van der Waals surface area (Å²) in [7, 11) is 0. The molecule has 2 aromatic heterocycles. The van der Waals surface area contributed by atoms with Crippen LogP contribution in [0, 0.1) is 0 Å². The molecule has 3 heterocycles. The molecule has 0 bridgehead atoms. The van der Waals surface area contributed by atoms with E-state index in [4.69, 9.17) is 0 Å². The van der Waals surface area contributed by atoms with E-state index in [1.54, 1.807) is 0 Å². The average Bonchev–Trinajstić information content (AvgIpc) is 2.75. The molecule has 0 spiro atoms. The van der Waals surface area contributed by atoms with Crippen LogP contribution in [0.5, 0.6) is 0 Å². The number of benzene rings is 1. The van der Waals surface area contributed by atoms with E-state index < -0.39 is 0 Å². The summed E-state index contributed by atoms with van der Waals surface area (Å²) in [6.07, 6.45) is 5.09. The number of carbonyl (C=O) groups excluding carboxylic acids is 1. The van der Waals surface area contributed by atoms with E-state index in [1.807, 2.05) is 36.4 Å². The maximum atomic E-state index is 12.2. The molecule has 1 aliphatic heterocycles. The fourth-order valence-corrected chi connectivity index (χ4v) is 3.25. The minimum Gasteiger partial charge on any atom is -0.355 e. The van der Waals surface area contributed by atoms with Crippen LogP contribution in [0.15, 0.2) is 59.5 Å². The molecule has 7 heteroatoms. The number of anilines is 2. The van der Waals surface area contributed by atoms with Crippen LogP contribution in [0.3, 0.4) is 0 Å². The third-order valence-corrected chi connectivity index (χ3v) is 4.82. The molecule has 1 saturated heterocycles. The Morgan fingerprint density at radius 2 is 1.71 bits per heavy atom. The van der Waals surface area contributed by atoms with Gasteiger partial charge in [-0.15, -0.1) is 10.2 Å². The van der Waals surface area contributed by atoms with Crippen molar-refractivity contribution in [3.05, 3.63) is 70.6 Å². The summed E-state index contributed by atoms with van der Waals surface area (Å²) in [5.41, 5.74) is 2.54. The van der Waals surface area contributed by atoms with Gasteiger partial charge in [0.2, 0.25) is 5.56 Å². The van der Waals surface area contributed by atoms with Gasteiger partial charge in [-0.3, -0.25) is 9.59 Å². The van der Waals surface area contributed by atoms with Gasteiger partial charge in [-0.2, -0.15) is 0 Å². The van der Waals surface area contributed by atoms with Gasteiger partial charge in [0, 0.05) is 36.6 Å². The standard InChI is InChI=1S/C21H21N5O2/c27-20-11-6-16(14-22-20)21(28)23-17-7-4-15(5-8-17)18-9-10-19(25-24-18)26-12-2-1-3-13-26/h4-11,14H,1-3,12-13H2,(H,22,27)(H,23,28). The Morgan fingerprint density at radius 3 is 2.36 bits per heavy atom. The van der Waals surface area contributed by atoms with Gasteiger partial charge in [0.1, 0.15) is 0 Å². The van der Waals surface area contributed by atoms with Crippen LogP contribution < -0.4 is 15.8 Å². The molecule has 0 radical (unpaired) electrons. The van der Waals surface area contributed by atoms with Crippen LogP contribution in [-0.4, -0.2) is 34.2 Å². The van der Waals surface area contributed by atoms with Gasteiger partial charge in [0.25, 0.3) is 5.91 Å². The highest BCUT2D eigenvalue weighted by atomic mass is 16.1. The lowest BCUT2D eigenvalue weighted by molar-refractivity contribution is 0.102. The van der Waals surface area contributed by atoms with E-state index in [0.29, 0.717) is 11.3 Å². The number of rotatable bonds is 4. The Labute approximate surface area is 162 Å². The van der Waals surface area contributed by atoms with E-state index >= 15 is 0 Å². The molecule has 4 rings (SSSR count). The maximum Gasteiger partial charge on any atom is 0.257 e. The predicted octanol–water partition coefficient (Wildman–Crippen LogP) is 3.07. The second kappa shape index (κ2) is 8.04. The topological polar surface area (TPSA) is 91.0 Å². The van der Waals surface area contributed by atoms with Crippen LogP contribution in [0.2, 0.25) is 0 Å². The quantitative estimate of drug-likeness (QED) is 0.731. The third kappa shape index (κ3) is 4.09. The first-order valence-electron chi connectivity index (χ1n) is 9.38. The highest BCUT2D eigenvalue weighted by Crippen LogP contribution is 2.22. The second-order valence-electron chi connectivity index (χ2n) is 6.80. The van der Waals surface area contributed by atoms with Crippen LogP contribution in [-0.2, 0) is 0 Å². The minimum atomic E-state index is -0.283. The number of piperidine rings is 1. The smallest absolute Gasteiger partial charge is 0.257 e. The molecule has 0 atom stereocenters. The number of hydrogen-bond acceptors (Lipinski definition) is 5. The molecule has 1 aromatic carbocycles. The van der Waals surface area contributed by atoms with E-state index in [9.17, 15) is 9.59 Å². The number of carbonyl (C=O) groups is 1. The summed E-state index contributed by atoms with van der Waals surface area (Å²) >= 11 is 0. The van der Waals surface area contributed by atoms with Crippen LogP contribution in [0.4, 0.5) is 11.5 Å². The van der Waals surface area contributed by atoms with E-state index in [2.05, 4.69) is 25.4 Å². The Morgan fingerprint density at radius 1 is 0.929 bits per heavy atom. The van der Waals surface area contributed by atoms with Crippen molar-refractivity contribution in [1.82, 2.24) is 15.2 Å². The molecule has 28 heavy (non-hydrogen) atoms. The van der Waals surface area contributed by atoms with Crippen LogP contribution in [0.25, 0.3) is 11.3 Å². The normalized spacial score (nSPS) is 13.9. The summed E-state index contributed by atoms with van der Waals surface area (Å²) in [4.78, 5) is 28.1. The summed E-state index contributed by atoms with van der Waals surface area (Å²) in [5.74, 6) is 0.642. The van der Waals surface area contributed by atoms with Gasteiger partial charge < -0.3 is 15.2 Å². The molecule has 0 unspecified atom stereocenters. The van der Waals surface area contributed by atoms with Gasteiger partial charge in [-0.05, 0) is 49.6 Å². The van der Waals surface area contributed by atoms with Gasteiger partial charge >= 0.3 is 0 Å². The zero-order valence-electron chi connectivity index (χ0n) is 15.4. The average molecular weight is 375 g/mol. The van der Waals surface area contributed by atoms with Crippen molar-refractivity contribution in [2.45, 2.75) is 19.3 Å². The molecular formula is C21H21N5O2. The minimum absolute atomic E-state index is 0.242. The molecule has 1 fully saturated rings. The number of H-pyrrole nitrogens is 1. The summed E-state index contributed by atoms with van der Waals surface area (Å²) in [6, 6.07) is 14.2. The summed E-state index contributed by atoms with van der Waals surface area (Å²) in [5, 5.41) is 11.5. The molecule has 3 aromatic rings. The lowest BCUT2D eigenvalue weighted by Gasteiger charge is -2.27. The molecule has 1 aliphatic rings. The summed E-state index contributed by atoms with van der Waals surface area (Å²) < 4.78 is 0. The molecule has 1 amide bonds. The Balaban J connectivity index is 1.43. The maximum absolute atomic E-state index is 12.2. The van der Waals surface area contributed by atoms with Gasteiger partial charge in [0.15, 0.2) is 5.82 Å². The zero-order chi connectivity index (χ0) is 19.3. The molecular weight excluding hydrogens is 354 g/mol. The molecule has 2 N–H and O–H groups in total. The number of aromatic nitrogens is 3. The van der Waals surface area contributed by atoms with Crippen molar-refractivity contribution in [3.63, 3.8) is 0 Å². The van der Waals surface area contributed by atoms with Crippen molar-refractivity contribution in [2.24, 2.45) is 0 Å². The highest BCUT2D eigenvalue weighted by molar-refractivity contribution is 6.04. The van der Waals surface area contributed by atoms with E-state index in [-0.39, 0.29) is 11.5 Å². The highest BCUT2D eigenvalue weighted by Gasteiger charge is 2.13. The fourth-order valence-electron chi connectivity index (χ4n) is 3.25. The first-order valence-corrected chi connectivity index (χ1v) is 9.38. The number of pyridine rings is 1. The number of hydrogen-bond donors (Lipinski definition) is 2. The second-order valence-corrected chi connectivity index (χ2v) is 6.80. The Bertz CT molecular complexity index is 986. The first kappa shape index (κ1) is 17.9. The number of nitrogens with one attached hydrogen (secondary N) is 2. The van der Waals surface area contributed by atoms with Gasteiger partial charge in [-0.1, -0.05) is 12.1 Å². The molecule has 7 nitrogen and oxygen atoms in total. The fraction of sp³-hybridized carbons (Fsp3) is 0.238. The first-order chi connectivity index (χ1) is 13.7. The predicted molar refractivity (Wildman–Crippen MR) is 109 cm³/mol. The SMILES string of the molecule is O=C(Nc1ccc(-c2ccc(N3CCCCC3)nn2)cc1)c1ccc(=O)[nH]c1. The van der Waals surface area contributed by atoms with Crippen LogP contribution >= 0.6 is 0 Å². The largest absolute Gasteiger partial charge is 0.355 e. The number of nitrogens with zero attached hydrogens (tertiary/aromatic N) is 3. The zero-order valence-corrected chi connectivity index (χ0v) is 15.4. The van der Waals surface area contributed by atoms with Crippen LogP contribution in [0.1, 0.15) is 29.6 Å². The van der Waals surface area contributed by atoms with Crippen molar-refractivity contribution < 1.29 is 4.79 Å². The van der Waals surface area contributed by atoms with Crippen molar-refractivity contribution in [1.29, 1.82) is 0 Å². The van der Waals surface area contributed by atoms with E-state index in [0.717, 1.165) is 30.2 Å². The Hall–Kier alpha value is -3.48. The Kier molecular flexibility index (Phi) is 5.14. The van der Waals surface area contributed by atoms with Gasteiger partial charge in [0.05, 0.1) is 11.3 Å². The number of aromatic amines is 1.